The molecule has 0 spiro atoms. The Labute approximate surface area is 182 Å². The van der Waals surface area contributed by atoms with Gasteiger partial charge in [0.15, 0.2) is 0 Å². The molecule has 2 rings (SSSR count). The Morgan fingerprint density at radius 1 is 0.700 bits per heavy atom. The number of unbranched alkanes of at least 4 members (excludes halogenated alkanes) is 13. The maximum atomic E-state index is 11.2. The SMILES string of the molecule is CCCCCCCCCCCCCCCCNc1ccc([N+](=O)[O-])c2ccccc12. The van der Waals surface area contributed by atoms with E-state index in [0.717, 1.165) is 24.0 Å². The van der Waals surface area contributed by atoms with Gasteiger partial charge in [0.2, 0.25) is 0 Å². The largest absolute Gasteiger partial charge is 0.385 e. The van der Waals surface area contributed by atoms with Crippen LogP contribution >= 0.6 is 0 Å². The van der Waals surface area contributed by atoms with Crippen molar-refractivity contribution in [3.8, 4) is 0 Å². The van der Waals surface area contributed by atoms with Gasteiger partial charge in [0.05, 0.1) is 10.3 Å². The molecule has 2 aromatic carbocycles. The van der Waals surface area contributed by atoms with Gasteiger partial charge in [-0.15, -0.1) is 0 Å². The van der Waals surface area contributed by atoms with Crippen molar-refractivity contribution in [3.63, 3.8) is 0 Å². The van der Waals surface area contributed by atoms with E-state index in [1.54, 1.807) is 6.07 Å². The first kappa shape index (κ1) is 24.2. The van der Waals surface area contributed by atoms with Crippen molar-refractivity contribution in [1.82, 2.24) is 0 Å². The van der Waals surface area contributed by atoms with Gasteiger partial charge in [-0.3, -0.25) is 10.1 Å². The smallest absolute Gasteiger partial charge is 0.277 e. The Bertz CT molecular complexity index is 745. The second-order valence-electron chi connectivity index (χ2n) is 8.46. The van der Waals surface area contributed by atoms with Crippen molar-refractivity contribution >= 4 is 22.1 Å². The number of nitro benzene ring substituents is 1. The monoisotopic (exact) mass is 412 g/mol. The summed E-state index contributed by atoms with van der Waals surface area (Å²) in [6, 6.07) is 11.0. The molecule has 0 saturated carbocycles. The molecule has 0 unspecified atom stereocenters. The first-order valence-electron chi connectivity index (χ1n) is 12.1. The minimum atomic E-state index is -0.306. The lowest BCUT2D eigenvalue weighted by atomic mass is 10.0. The summed E-state index contributed by atoms with van der Waals surface area (Å²) in [5.41, 5.74) is 1.17. The summed E-state index contributed by atoms with van der Waals surface area (Å²) >= 11 is 0. The van der Waals surface area contributed by atoms with Gasteiger partial charge in [0.25, 0.3) is 5.69 Å². The van der Waals surface area contributed by atoms with E-state index < -0.39 is 0 Å². The van der Waals surface area contributed by atoms with Crippen molar-refractivity contribution in [1.29, 1.82) is 0 Å². The molecule has 166 valence electrons. The van der Waals surface area contributed by atoms with E-state index in [9.17, 15) is 10.1 Å². The van der Waals surface area contributed by atoms with Crippen molar-refractivity contribution in [3.05, 3.63) is 46.5 Å². The topological polar surface area (TPSA) is 55.2 Å². The molecular formula is C26H40N2O2. The Balaban J connectivity index is 1.52. The van der Waals surface area contributed by atoms with E-state index >= 15 is 0 Å². The number of nitrogens with zero attached hydrogens (tertiary/aromatic N) is 1. The fourth-order valence-corrected chi connectivity index (χ4v) is 4.14. The molecule has 30 heavy (non-hydrogen) atoms. The highest BCUT2D eigenvalue weighted by molar-refractivity contribution is 5.99. The number of hydrogen-bond acceptors (Lipinski definition) is 3. The molecule has 0 atom stereocenters. The van der Waals surface area contributed by atoms with Gasteiger partial charge in [0.1, 0.15) is 0 Å². The van der Waals surface area contributed by atoms with Crippen molar-refractivity contribution in [2.75, 3.05) is 11.9 Å². The number of fused-ring (bicyclic) bond motifs is 1. The molecule has 0 aliphatic rings. The van der Waals surface area contributed by atoms with Gasteiger partial charge in [-0.25, -0.2) is 0 Å². The second-order valence-corrected chi connectivity index (χ2v) is 8.46. The molecule has 0 aliphatic heterocycles. The van der Waals surface area contributed by atoms with Crippen molar-refractivity contribution in [2.45, 2.75) is 96.8 Å². The zero-order valence-electron chi connectivity index (χ0n) is 18.8. The summed E-state index contributed by atoms with van der Waals surface area (Å²) in [7, 11) is 0. The van der Waals surface area contributed by atoms with Gasteiger partial charge in [-0.2, -0.15) is 0 Å². The van der Waals surface area contributed by atoms with Gasteiger partial charge in [-0.05, 0) is 18.6 Å². The first-order valence-corrected chi connectivity index (χ1v) is 12.1. The third-order valence-electron chi connectivity index (χ3n) is 5.94. The predicted molar refractivity (Wildman–Crippen MR) is 129 cm³/mol. The van der Waals surface area contributed by atoms with Crippen molar-refractivity contribution in [2.24, 2.45) is 0 Å². The molecule has 4 heteroatoms. The van der Waals surface area contributed by atoms with Gasteiger partial charge in [0, 0.05) is 23.7 Å². The third kappa shape index (κ3) is 8.73. The summed E-state index contributed by atoms with van der Waals surface area (Å²) in [4.78, 5) is 10.9. The van der Waals surface area contributed by atoms with Crippen LogP contribution in [0.25, 0.3) is 10.8 Å². The number of non-ortho nitro benzene ring substituents is 1. The molecule has 0 amide bonds. The average molecular weight is 413 g/mol. The lowest BCUT2D eigenvalue weighted by Crippen LogP contribution is -2.02. The Hall–Kier alpha value is -2.10. The highest BCUT2D eigenvalue weighted by Crippen LogP contribution is 2.31. The van der Waals surface area contributed by atoms with E-state index in [2.05, 4.69) is 12.2 Å². The van der Waals surface area contributed by atoms with E-state index in [1.807, 2.05) is 30.3 Å². The maximum absolute atomic E-state index is 11.2. The van der Waals surface area contributed by atoms with E-state index in [-0.39, 0.29) is 10.6 Å². The molecule has 0 radical (unpaired) electrons. The third-order valence-corrected chi connectivity index (χ3v) is 5.94. The van der Waals surface area contributed by atoms with E-state index in [0.29, 0.717) is 5.39 Å². The number of rotatable bonds is 17. The summed E-state index contributed by atoms with van der Waals surface area (Å²) in [5.74, 6) is 0. The number of nitro groups is 1. The molecule has 2 aromatic rings. The van der Waals surface area contributed by atoms with Gasteiger partial charge < -0.3 is 5.32 Å². The lowest BCUT2D eigenvalue weighted by Gasteiger charge is -2.10. The Morgan fingerprint density at radius 3 is 1.73 bits per heavy atom. The van der Waals surface area contributed by atoms with Crippen LogP contribution in [0.2, 0.25) is 0 Å². The predicted octanol–water partition coefficient (Wildman–Crippen LogP) is 8.64. The van der Waals surface area contributed by atoms with E-state index in [1.165, 1.54) is 83.5 Å². The van der Waals surface area contributed by atoms with Crippen LogP contribution in [0.4, 0.5) is 11.4 Å². The lowest BCUT2D eigenvalue weighted by molar-refractivity contribution is -0.383. The fraction of sp³-hybridized carbons (Fsp3) is 0.615. The Morgan fingerprint density at radius 2 is 1.20 bits per heavy atom. The Kier molecular flexibility index (Phi) is 11.9. The van der Waals surface area contributed by atoms with Crippen molar-refractivity contribution < 1.29 is 4.92 Å². The highest BCUT2D eigenvalue weighted by atomic mass is 16.6. The van der Waals surface area contributed by atoms with E-state index in [4.69, 9.17) is 0 Å². The first-order chi connectivity index (χ1) is 14.7. The van der Waals surface area contributed by atoms with Crippen LogP contribution in [0.5, 0.6) is 0 Å². The van der Waals surface area contributed by atoms with Crippen LogP contribution in [0.3, 0.4) is 0 Å². The maximum Gasteiger partial charge on any atom is 0.277 e. The fourth-order valence-electron chi connectivity index (χ4n) is 4.14. The minimum absolute atomic E-state index is 0.174. The molecular weight excluding hydrogens is 372 g/mol. The van der Waals surface area contributed by atoms with Gasteiger partial charge >= 0.3 is 0 Å². The quantitative estimate of drug-likeness (QED) is 0.161. The van der Waals surface area contributed by atoms with Crippen LogP contribution in [0.15, 0.2) is 36.4 Å². The zero-order valence-corrected chi connectivity index (χ0v) is 18.8. The number of hydrogen-bond donors (Lipinski definition) is 1. The molecule has 0 saturated heterocycles. The molecule has 0 aromatic heterocycles. The van der Waals surface area contributed by atoms with Crippen LogP contribution in [-0.4, -0.2) is 11.5 Å². The van der Waals surface area contributed by atoms with Gasteiger partial charge in [-0.1, -0.05) is 109 Å². The molecule has 0 fully saturated rings. The number of anilines is 1. The molecule has 1 N–H and O–H groups in total. The van der Waals surface area contributed by atoms with Crippen LogP contribution in [0.1, 0.15) is 96.8 Å². The second kappa shape index (κ2) is 14.8. The van der Waals surface area contributed by atoms with Crippen LogP contribution < -0.4 is 5.32 Å². The van der Waals surface area contributed by atoms with Crippen LogP contribution in [0, 0.1) is 10.1 Å². The molecule has 0 bridgehead atoms. The normalized spacial score (nSPS) is 11.1. The van der Waals surface area contributed by atoms with Crippen LogP contribution in [-0.2, 0) is 0 Å². The zero-order chi connectivity index (χ0) is 21.4. The standard InChI is InChI=1S/C26H40N2O2/c1-2-3-4-5-6-7-8-9-10-11-12-13-14-17-22-27-25-20-21-26(28(29)30)24-19-16-15-18-23(24)25/h15-16,18-21,27H,2-14,17,22H2,1H3. The molecule has 4 nitrogen and oxygen atoms in total. The summed E-state index contributed by atoms with van der Waals surface area (Å²) in [6.45, 7) is 3.19. The highest BCUT2D eigenvalue weighted by Gasteiger charge is 2.13. The number of nitrogens with one attached hydrogen (secondary N) is 1. The summed E-state index contributed by atoms with van der Waals surface area (Å²) in [6.07, 6.45) is 19.1. The molecule has 0 aliphatic carbocycles. The summed E-state index contributed by atoms with van der Waals surface area (Å²) < 4.78 is 0. The minimum Gasteiger partial charge on any atom is -0.385 e. The average Bonchev–Trinajstić information content (AvgIpc) is 2.76. The molecule has 0 heterocycles. The summed E-state index contributed by atoms with van der Waals surface area (Å²) in [5, 5.41) is 16.3. The number of benzene rings is 2.